The molecule has 2 aromatic rings. The Morgan fingerprint density at radius 3 is 2.26 bits per heavy atom. The molecule has 34 heavy (non-hydrogen) atoms. The molecule has 2 aromatic carbocycles. The molecular weight excluding hydrogens is 456 g/mol. The molecule has 0 aliphatic carbocycles. The van der Waals surface area contributed by atoms with Gasteiger partial charge in [0.15, 0.2) is 6.10 Å². The van der Waals surface area contributed by atoms with Crippen LogP contribution < -0.4 is 0 Å². The maximum atomic E-state index is 12.1. The van der Waals surface area contributed by atoms with E-state index in [1.807, 2.05) is 26.8 Å². The molecule has 0 spiro atoms. The number of rotatable bonds is 7. The number of aryl methyl sites for hydroxylation is 1. The Labute approximate surface area is 206 Å². The Bertz CT molecular complexity index is 1020. The maximum absolute atomic E-state index is 12.1. The average Bonchev–Trinajstić information content (AvgIpc) is 2.79. The summed E-state index contributed by atoms with van der Waals surface area (Å²) in [4.78, 5) is 24.1. The first-order valence-electron chi connectivity index (χ1n) is 11.5. The minimum Gasteiger partial charge on any atom is -0.458 e. The molecule has 1 unspecified atom stereocenters. The Kier molecular flexibility index (Phi) is 8.39. The standard InChI is InChI=1S/C27H33ClO6/c1-7-24-17(3)25(32-18(4)29)26(33-19(5)30)27(31-6,34-24)22-12-13-23(28)21(15-22)14-20-10-8-16(2)9-11-20/h8-13,15,17,24-26H,7,14H2,1-6H3/t17-,24-,25+,26-,27?/m1/s1. The number of methoxy groups -OCH3 is 1. The van der Waals surface area contributed by atoms with E-state index in [1.165, 1.54) is 26.5 Å². The second-order valence-corrected chi connectivity index (χ2v) is 9.28. The van der Waals surface area contributed by atoms with Crippen molar-refractivity contribution in [2.45, 2.75) is 71.6 Å². The van der Waals surface area contributed by atoms with E-state index in [0.29, 0.717) is 23.4 Å². The van der Waals surface area contributed by atoms with Crippen LogP contribution in [0.25, 0.3) is 0 Å². The zero-order chi connectivity index (χ0) is 25.0. The third-order valence-corrected chi connectivity index (χ3v) is 6.74. The normalized spacial score (nSPS) is 26.7. The summed E-state index contributed by atoms with van der Waals surface area (Å²) in [6.07, 6.45) is -0.805. The summed E-state index contributed by atoms with van der Waals surface area (Å²) < 4.78 is 23.9. The summed E-state index contributed by atoms with van der Waals surface area (Å²) in [7, 11) is 1.50. The zero-order valence-corrected chi connectivity index (χ0v) is 21.3. The van der Waals surface area contributed by atoms with Crippen LogP contribution in [0, 0.1) is 12.8 Å². The van der Waals surface area contributed by atoms with E-state index in [4.69, 9.17) is 30.5 Å². The first kappa shape index (κ1) is 26.2. The van der Waals surface area contributed by atoms with Crippen molar-refractivity contribution in [2.75, 3.05) is 7.11 Å². The van der Waals surface area contributed by atoms with Gasteiger partial charge in [-0.15, -0.1) is 0 Å². The van der Waals surface area contributed by atoms with Gasteiger partial charge in [-0.1, -0.05) is 61.3 Å². The number of esters is 2. The number of hydrogen-bond donors (Lipinski definition) is 0. The molecule has 1 aliphatic rings. The first-order valence-corrected chi connectivity index (χ1v) is 11.9. The second-order valence-electron chi connectivity index (χ2n) is 8.87. The lowest BCUT2D eigenvalue weighted by atomic mass is 9.81. The quantitative estimate of drug-likeness (QED) is 0.489. The van der Waals surface area contributed by atoms with Crippen LogP contribution in [-0.4, -0.2) is 37.4 Å². The van der Waals surface area contributed by atoms with E-state index in [9.17, 15) is 9.59 Å². The molecule has 7 heteroatoms. The monoisotopic (exact) mass is 488 g/mol. The second kappa shape index (κ2) is 10.9. The molecule has 0 amide bonds. The van der Waals surface area contributed by atoms with Crippen LogP contribution >= 0.6 is 11.6 Å². The molecule has 184 valence electrons. The van der Waals surface area contributed by atoms with E-state index in [1.54, 1.807) is 12.1 Å². The Morgan fingerprint density at radius 2 is 1.71 bits per heavy atom. The van der Waals surface area contributed by atoms with Gasteiger partial charge in [0, 0.05) is 37.5 Å². The Balaban J connectivity index is 2.12. The van der Waals surface area contributed by atoms with Gasteiger partial charge in [-0.2, -0.15) is 0 Å². The van der Waals surface area contributed by atoms with Crippen LogP contribution in [0.5, 0.6) is 0 Å². The van der Waals surface area contributed by atoms with Crippen molar-refractivity contribution in [1.82, 2.24) is 0 Å². The number of benzene rings is 2. The lowest BCUT2D eigenvalue weighted by molar-refractivity contribution is -0.356. The zero-order valence-electron chi connectivity index (χ0n) is 20.6. The fraction of sp³-hybridized carbons (Fsp3) is 0.481. The molecule has 1 fully saturated rings. The molecule has 0 radical (unpaired) electrons. The van der Waals surface area contributed by atoms with Crippen molar-refractivity contribution < 1.29 is 28.5 Å². The fourth-order valence-corrected chi connectivity index (χ4v) is 4.79. The first-order chi connectivity index (χ1) is 16.1. The lowest BCUT2D eigenvalue weighted by Gasteiger charge is -2.50. The molecule has 0 bridgehead atoms. The summed E-state index contributed by atoms with van der Waals surface area (Å²) in [6.45, 7) is 8.60. The summed E-state index contributed by atoms with van der Waals surface area (Å²) >= 11 is 6.57. The van der Waals surface area contributed by atoms with Gasteiger partial charge in [0.1, 0.15) is 6.10 Å². The SMILES string of the molecule is CC[C@H]1OC(OC)(c2ccc(Cl)c(Cc3ccc(C)cc3)c2)[C@H](OC(C)=O)[C@@H](OC(C)=O)[C@@H]1C. The molecular formula is C27H33ClO6. The van der Waals surface area contributed by atoms with Gasteiger partial charge in [-0.05, 0) is 43.0 Å². The number of carbonyl (C=O) groups excluding carboxylic acids is 2. The maximum Gasteiger partial charge on any atom is 0.303 e. The molecule has 5 atom stereocenters. The molecule has 1 saturated heterocycles. The topological polar surface area (TPSA) is 71.1 Å². The number of hydrogen-bond acceptors (Lipinski definition) is 6. The largest absolute Gasteiger partial charge is 0.458 e. The third kappa shape index (κ3) is 5.45. The summed E-state index contributed by atoms with van der Waals surface area (Å²) in [5.74, 6) is -2.69. The van der Waals surface area contributed by atoms with E-state index < -0.39 is 29.9 Å². The molecule has 1 heterocycles. The van der Waals surface area contributed by atoms with Gasteiger partial charge in [0.05, 0.1) is 6.10 Å². The van der Waals surface area contributed by atoms with Gasteiger partial charge >= 0.3 is 11.9 Å². The van der Waals surface area contributed by atoms with Crippen LogP contribution in [0.2, 0.25) is 5.02 Å². The van der Waals surface area contributed by atoms with Crippen molar-refractivity contribution >= 4 is 23.5 Å². The molecule has 1 aliphatic heterocycles. The Morgan fingerprint density at radius 1 is 1.06 bits per heavy atom. The summed E-state index contributed by atoms with van der Waals surface area (Å²) in [6, 6.07) is 13.7. The van der Waals surface area contributed by atoms with Crippen molar-refractivity contribution in [2.24, 2.45) is 5.92 Å². The van der Waals surface area contributed by atoms with Gasteiger partial charge in [0.25, 0.3) is 0 Å². The van der Waals surface area contributed by atoms with E-state index in [0.717, 1.165) is 11.1 Å². The fourth-order valence-electron chi connectivity index (χ4n) is 4.61. The predicted molar refractivity (Wildman–Crippen MR) is 130 cm³/mol. The molecule has 6 nitrogen and oxygen atoms in total. The van der Waals surface area contributed by atoms with E-state index in [-0.39, 0.29) is 12.0 Å². The van der Waals surface area contributed by atoms with Crippen LogP contribution in [0.3, 0.4) is 0 Å². The summed E-state index contributed by atoms with van der Waals surface area (Å²) in [5, 5.41) is 0.604. The molecule has 3 rings (SSSR count). The van der Waals surface area contributed by atoms with Gasteiger partial charge in [-0.3, -0.25) is 9.59 Å². The number of halogens is 1. The minimum atomic E-state index is -1.48. The van der Waals surface area contributed by atoms with E-state index in [2.05, 4.69) is 24.3 Å². The van der Waals surface area contributed by atoms with Crippen LogP contribution in [-0.2, 0) is 40.7 Å². The highest BCUT2D eigenvalue weighted by Crippen LogP contribution is 2.45. The third-order valence-electron chi connectivity index (χ3n) is 6.37. The van der Waals surface area contributed by atoms with Gasteiger partial charge in [0.2, 0.25) is 5.79 Å². The Hall–Kier alpha value is -2.41. The predicted octanol–water partition coefficient (Wildman–Crippen LogP) is 5.35. The van der Waals surface area contributed by atoms with Crippen molar-refractivity contribution in [3.63, 3.8) is 0 Å². The van der Waals surface area contributed by atoms with Crippen LogP contribution in [0.15, 0.2) is 42.5 Å². The van der Waals surface area contributed by atoms with E-state index >= 15 is 0 Å². The highest BCUT2D eigenvalue weighted by atomic mass is 35.5. The number of carbonyl (C=O) groups is 2. The smallest absolute Gasteiger partial charge is 0.303 e. The highest BCUT2D eigenvalue weighted by Gasteiger charge is 2.58. The van der Waals surface area contributed by atoms with Crippen LogP contribution in [0.1, 0.15) is 56.4 Å². The molecule has 0 N–H and O–H groups in total. The minimum absolute atomic E-state index is 0.221. The van der Waals surface area contributed by atoms with Gasteiger partial charge in [-0.25, -0.2) is 0 Å². The van der Waals surface area contributed by atoms with Crippen LogP contribution in [0.4, 0.5) is 0 Å². The van der Waals surface area contributed by atoms with Crippen molar-refractivity contribution in [3.05, 3.63) is 69.7 Å². The lowest BCUT2D eigenvalue weighted by Crippen LogP contribution is -2.62. The van der Waals surface area contributed by atoms with Crippen molar-refractivity contribution in [1.29, 1.82) is 0 Å². The molecule has 0 aromatic heterocycles. The summed E-state index contributed by atoms with van der Waals surface area (Å²) in [5.41, 5.74) is 3.80. The highest BCUT2D eigenvalue weighted by molar-refractivity contribution is 6.31. The van der Waals surface area contributed by atoms with Gasteiger partial charge < -0.3 is 18.9 Å². The molecule has 0 saturated carbocycles. The average molecular weight is 489 g/mol. The number of ether oxygens (including phenoxy) is 4. The van der Waals surface area contributed by atoms with Crippen molar-refractivity contribution in [3.8, 4) is 0 Å².